The summed E-state index contributed by atoms with van der Waals surface area (Å²) in [5, 5.41) is 12.5. The number of hydrogen-bond donors (Lipinski definition) is 2. The van der Waals surface area contributed by atoms with E-state index in [1.807, 2.05) is 23.1 Å². The quantitative estimate of drug-likeness (QED) is 0.571. The number of hydrogen-bond acceptors (Lipinski definition) is 6. The van der Waals surface area contributed by atoms with Crippen LogP contribution in [0, 0.1) is 11.8 Å². The zero-order chi connectivity index (χ0) is 27.9. The first-order valence-electron chi connectivity index (χ1n) is 13.9. The molecule has 0 aliphatic carbocycles. The van der Waals surface area contributed by atoms with Gasteiger partial charge in [0, 0.05) is 36.9 Å². The average molecular weight is 537 g/mol. The zero-order valence-corrected chi connectivity index (χ0v) is 23.5. The van der Waals surface area contributed by atoms with Crippen molar-refractivity contribution in [2.75, 3.05) is 13.1 Å². The van der Waals surface area contributed by atoms with Crippen LogP contribution in [-0.4, -0.2) is 58.4 Å². The molecule has 3 aliphatic heterocycles. The van der Waals surface area contributed by atoms with Crippen LogP contribution in [0.15, 0.2) is 48.5 Å². The molecular formula is C31H40N2O6. The summed E-state index contributed by atoms with van der Waals surface area (Å²) >= 11 is 0. The summed E-state index contributed by atoms with van der Waals surface area (Å²) in [6, 6.07) is 14.0. The number of carbonyl (C=O) groups excluding carboxylic acids is 2. The second kappa shape index (κ2) is 10.4. The molecule has 2 amide bonds. The standard InChI is InChI=1S/C31H40N2O6/c1-30(2,3)39-29(36)32-24(16-19-10-12-21(34)13-11-19)28(35)33-15-14-25-20(18-33)17-23-27(37-25)22-8-6-7-9-26(22)38-31(23,4)5/h6-13,20,23-25,27,34H,14-18H2,1-5H3,(H,32,36)/t20-,23+,24-,25+,27-/m0/s1. The highest BCUT2D eigenvalue weighted by atomic mass is 16.6. The maximum atomic E-state index is 13.9. The van der Waals surface area contributed by atoms with Gasteiger partial charge in [-0.2, -0.15) is 0 Å². The summed E-state index contributed by atoms with van der Waals surface area (Å²) < 4.78 is 18.6. The van der Waals surface area contributed by atoms with Crippen molar-refractivity contribution in [3.8, 4) is 11.5 Å². The van der Waals surface area contributed by atoms with Gasteiger partial charge in [0.25, 0.3) is 0 Å². The Morgan fingerprint density at radius 2 is 1.87 bits per heavy atom. The van der Waals surface area contributed by atoms with Gasteiger partial charge in [-0.25, -0.2) is 4.79 Å². The van der Waals surface area contributed by atoms with E-state index in [0.29, 0.717) is 19.5 Å². The monoisotopic (exact) mass is 536 g/mol. The lowest BCUT2D eigenvalue weighted by atomic mass is 9.70. The second-order valence-corrected chi connectivity index (χ2v) is 12.6. The predicted octanol–water partition coefficient (Wildman–Crippen LogP) is 4.99. The Labute approximate surface area is 230 Å². The molecule has 0 radical (unpaired) electrons. The van der Waals surface area contributed by atoms with Gasteiger partial charge in [-0.05, 0) is 71.2 Å². The molecule has 39 heavy (non-hydrogen) atoms. The second-order valence-electron chi connectivity index (χ2n) is 12.6. The third kappa shape index (κ3) is 6.01. The molecule has 2 aromatic rings. The minimum absolute atomic E-state index is 0.0236. The van der Waals surface area contributed by atoms with Gasteiger partial charge in [0.05, 0.1) is 12.2 Å². The maximum absolute atomic E-state index is 13.9. The number of aromatic hydroxyl groups is 1. The third-order valence-corrected chi connectivity index (χ3v) is 8.08. The predicted molar refractivity (Wildman–Crippen MR) is 147 cm³/mol. The Bertz CT molecular complexity index is 1200. The van der Waals surface area contributed by atoms with E-state index in [9.17, 15) is 14.7 Å². The summed E-state index contributed by atoms with van der Waals surface area (Å²) in [6.07, 6.45) is 1.33. The van der Waals surface area contributed by atoms with E-state index in [-0.39, 0.29) is 35.7 Å². The molecule has 0 aromatic heterocycles. The topological polar surface area (TPSA) is 97.3 Å². The normalized spacial score (nSPS) is 26.2. The molecule has 2 fully saturated rings. The average Bonchev–Trinajstić information content (AvgIpc) is 2.86. The first kappa shape index (κ1) is 27.3. The van der Waals surface area contributed by atoms with Crippen LogP contribution in [-0.2, 0) is 20.7 Å². The number of piperidine rings is 1. The van der Waals surface area contributed by atoms with Gasteiger partial charge in [-0.3, -0.25) is 4.79 Å². The number of likely N-dealkylation sites (tertiary alicyclic amines) is 1. The fraction of sp³-hybridized carbons (Fsp3) is 0.548. The van der Waals surface area contributed by atoms with Crippen LogP contribution >= 0.6 is 0 Å². The molecule has 2 N–H and O–H groups in total. The highest BCUT2D eigenvalue weighted by Gasteiger charge is 2.51. The molecule has 2 saturated heterocycles. The Kier molecular flexibility index (Phi) is 7.27. The Morgan fingerprint density at radius 3 is 2.59 bits per heavy atom. The fourth-order valence-electron chi connectivity index (χ4n) is 6.19. The van der Waals surface area contributed by atoms with Crippen molar-refractivity contribution in [3.63, 3.8) is 0 Å². The van der Waals surface area contributed by atoms with E-state index >= 15 is 0 Å². The van der Waals surface area contributed by atoms with E-state index in [1.165, 1.54) is 0 Å². The molecule has 0 spiro atoms. The molecule has 2 aromatic carbocycles. The van der Waals surface area contributed by atoms with Crippen molar-refractivity contribution in [1.29, 1.82) is 0 Å². The SMILES string of the molecule is CC(C)(C)OC(=O)N[C@@H](Cc1ccc(O)cc1)C(=O)N1CC[C@H]2O[C@H]3c4ccccc4OC(C)(C)[C@@H]3C[C@H]2C1. The first-order chi connectivity index (χ1) is 18.4. The number of carbonyl (C=O) groups is 2. The number of nitrogens with one attached hydrogen (secondary N) is 1. The van der Waals surface area contributed by atoms with Gasteiger partial charge in [0.2, 0.25) is 5.91 Å². The van der Waals surface area contributed by atoms with Crippen molar-refractivity contribution in [2.45, 2.75) is 83.3 Å². The van der Waals surface area contributed by atoms with Crippen molar-refractivity contribution >= 4 is 12.0 Å². The van der Waals surface area contributed by atoms with E-state index in [4.69, 9.17) is 14.2 Å². The van der Waals surface area contributed by atoms with Gasteiger partial charge in [0.1, 0.15) is 28.7 Å². The number of fused-ring (bicyclic) bond motifs is 4. The van der Waals surface area contributed by atoms with E-state index < -0.39 is 23.3 Å². The number of amides is 2. The maximum Gasteiger partial charge on any atom is 0.408 e. The molecule has 5 rings (SSSR count). The summed E-state index contributed by atoms with van der Waals surface area (Å²) in [4.78, 5) is 28.4. The summed E-state index contributed by atoms with van der Waals surface area (Å²) in [6.45, 7) is 10.7. The number of rotatable bonds is 4. The molecular weight excluding hydrogens is 496 g/mol. The van der Waals surface area contributed by atoms with Crippen LogP contribution < -0.4 is 10.1 Å². The molecule has 0 bridgehead atoms. The number of benzene rings is 2. The van der Waals surface area contributed by atoms with Crippen LogP contribution in [0.2, 0.25) is 0 Å². The number of nitrogens with zero attached hydrogens (tertiary/aromatic N) is 1. The van der Waals surface area contributed by atoms with Crippen LogP contribution in [0.25, 0.3) is 0 Å². The van der Waals surface area contributed by atoms with Crippen molar-refractivity contribution in [1.82, 2.24) is 10.2 Å². The Hall–Kier alpha value is -3.26. The van der Waals surface area contributed by atoms with Gasteiger partial charge >= 0.3 is 6.09 Å². The molecule has 0 unspecified atom stereocenters. The summed E-state index contributed by atoms with van der Waals surface area (Å²) in [5.74, 6) is 1.24. The van der Waals surface area contributed by atoms with Gasteiger partial charge in [0.15, 0.2) is 0 Å². The minimum Gasteiger partial charge on any atom is -0.508 e. The van der Waals surface area contributed by atoms with E-state index in [2.05, 4.69) is 25.2 Å². The number of ether oxygens (including phenoxy) is 3. The van der Waals surface area contributed by atoms with Crippen LogP contribution in [0.1, 0.15) is 64.7 Å². The largest absolute Gasteiger partial charge is 0.508 e. The van der Waals surface area contributed by atoms with Crippen molar-refractivity contribution in [2.24, 2.45) is 11.8 Å². The minimum atomic E-state index is -0.792. The smallest absolute Gasteiger partial charge is 0.408 e. The highest BCUT2D eigenvalue weighted by Crippen LogP contribution is 2.52. The zero-order valence-electron chi connectivity index (χ0n) is 23.5. The van der Waals surface area contributed by atoms with Crippen LogP contribution in [0.5, 0.6) is 11.5 Å². The summed E-state index contributed by atoms with van der Waals surface area (Å²) in [7, 11) is 0. The van der Waals surface area contributed by atoms with Crippen LogP contribution in [0.4, 0.5) is 4.79 Å². The molecule has 0 saturated carbocycles. The van der Waals surface area contributed by atoms with Gasteiger partial charge < -0.3 is 29.5 Å². The van der Waals surface area contributed by atoms with E-state index in [0.717, 1.165) is 29.7 Å². The fourth-order valence-corrected chi connectivity index (χ4v) is 6.19. The Morgan fingerprint density at radius 1 is 1.15 bits per heavy atom. The molecule has 3 heterocycles. The number of phenols is 1. The lowest BCUT2D eigenvalue weighted by Crippen LogP contribution is -2.58. The first-order valence-corrected chi connectivity index (χ1v) is 13.9. The number of phenolic OH excluding ortho intramolecular Hbond substituents is 1. The number of alkyl carbamates (subject to hydrolysis) is 1. The molecule has 8 nitrogen and oxygen atoms in total. The molecule has 210 valence electrons. The number of para-hydroxylation sites is 1. The van der Waals surface area contributed by atoms with Crippen molar-refractivity contribution in [3.05, 3.63) is 59.7 Å². The molecule has 8 heteroatoms. The molecule has 5 atom stereocenters. The highest BCUT2D eigenvalue weighted by molar-refractivity contribution is 5.86. The molecule has 3 aliphatic rings. The summed E-state index contributed by atoms with van der Waals surface area (Å²) in [5.41, 5.74) is 0.864. The van der Waals surface area contributed by atoms with Crippen molar-refractivity contribution < 1.29 is 28.9 Å². The lowest BCUT2D eigenvalue weighted by molar-refractivity contribution is -0.189. The van der Waals surface area contributed by atoms with Crippen LogP contribution in [0.3, 0.4) is 0 Å². The van der Waals surface area contributed by atoms with Gasteiger partial charge in [-0.1, -0.05) is 30.3 Å². The van der Waals surface area contributed by atoms with E-state index in [1.54, 1.807) is 45.0 Å². The Balaban J connectivity index is 1.32. The third-order valence-electron chi connectivity index (χ3n) is 8.08. The van der Waals surface area contributed by atoms with Gasteiger partial charge in [-0.15, -0.1) is 0 Å². The lowest BCUT2D eigenvalue weighted by Gasteiger charge is -2.53.